The number of aryl methyl sites for hydroxylation is 1. The summed E-state index contributed by atoms with van der Waals surface area (Å²) in [6.07, 6.45) is 0.958. The smallest absolute Gasteiger partial charge is 0.140 e. The van der Waals surface area contributed by atoms with Crippen LogP contribution in [-0.2, 0) is 4.79 Å². The van der Waals surface area contributed by atoms with Crippen molar-refractivity contribution in [3.63, 3.8) is 0 Å². The number of ketones is 1. The van der Waals surface area contributed by atoms with Gasteiger partial charge < -0.3 is 4.74 Å². The van der Waals surface area contributed by atoms with E-state index in [0.29, 0.717) is 18.6 Å². The van der Waals surface area contributed by atoms with Crippen molar-refractivity contribution in [3.05, 3.63) is 29.6 Å². The summed E-state index contributed by atoms with van der Waals surface area (Å²) in [5.41, 5.74) is 0.768. The van der Waals surface area contributed by atoms with E-state index in [1.807, 2.05) is 0 Å². The van der Waals surface area contributed by atoms with Crippen LogP contribution in [0.4, 0.5) is 4.39 Å². The Kier molecular flexibility index (Phi) is 2.23. The van der Waals surface area contributed by atoms with Crippen molar-refractivity contribution in [3.8, 4) is 5.75 Å². The minimum absolute atomic E-state index is 0.00772. The van der Waals surface area contributed by atoms with Crippen LogP contribution in [0.5, 0.6) is 5.75 Å². The molecule has 1 fully saturated rings. The van der Waals surface area contributed by atoms with Gasteiger partial charge in [0, 0.05) is 12.8 Å². The molecule has 0 bridgehead atoms. The average Bonchev–Trinajstić information content (AvgIpc) is 2.06. The van der Waals surface area contributed by atoms with Crippen molar-refractivity contribution in [2.24, 2.45) is 0 Å². The molecule has 1 aliphatic rings. The van der Waals surface area contributed by atoms with Crippen molar-refractivity contribution in [1.82, 2.24) is 0 Å². The van der Waals surface area contributed by atoms with Gasteiger partial charge in [-0.25, -0.2) is 4.39 Å². The first-order valence-corrected chi connectivity index (χ1v) is 4.59. The van der Waals surface area contributed by atoms with Crippen LogP contribution in [0.25, 0.3) is 0 Å². The lowest BCUT2D eigenvalue weighted by Gasteiger charge is -2.25. The van der Waals surface area contributed by atoms with E-state index in [-0.39, 0.29) is 17.7 Å². The van der Waals surface area contributed by atoms with Crippen molar-refractivity contribution in [2.75, 3.05) is 0 Å². The van der Waals surface area contributed by atoms with Crippen LogP contribution in [0.2, 0.25) is 0 Å². The Morgan fingerprint density at radius 1 is 1.43 bits per heavy atom. The number of halogens is 1. The lowest BCUT2D eigenvalue weighted by Crippen LogP contribution is -2.33. The molecule has 2 nitrogen and oxygen atoms in total. The van der Waals surface area contributed by atoms with E-state index in [1.54, 1.807) is 13.0 Å². The van der Waals surface area contributed by atoms with Gasteiger partial charge in [0.05, 0.1) is 0 Å². The number of carbonyl (C=O) groups is 1. The minimum Gasteiger partial charge on any atom is -0.489 e. The maximum absolute atomic E-state index is 12.7. The zero-order chi connectivity index (χ0) is 10.1. The molecule has 1 saturated carbocycles. The van der Waals surface area contributed by atoms with Gasteiger partial charge in [-0.3, -0.25) is 4.79 Å². The molecular weight excluding hydrogens is 183 g/mol. The molecule has 0 N–H and O–H groups in total. The Bertz CT molecular complexity index is 366. The van der Waals surface area contributed by atoms with Gasteiger partial charge in [-0.2, -0.15) is 0 Å². The van der Waals surface area contributed by atoms with Gasteiger partial charge in [0.1, 0.15) is 23.5 Å². The SMILES string of the molecule is Cc1cc(F)ccc1OC1CC(=O)C1. The molecule has 0 radical (unpaired) electrons. The lowest BCUT2D eigenvalue weighted by molar-refractivity contribution is -0.129. The van der Waals surface area contributed by atoms with Crippen LogP contribution in [0.15, 0.2) is 18.2 Å². The van der Waals surface area contributed by atoms with Gasteiger partial charge >= 0.3 is 0 Å². The zero-order valence-corrected chi connectivity index (χ0v) is 7.92. The first-order chi connectivity index (χ1) is 6.65. The summed E-state index contributed by atoms with van der Waals surface area (Å²) >= 11 is 0. The molecule has 0 spiro atoms. The molecule has 2 rings (SSSR count). The molecular formula is C11H11FO2. The Hall–Kier alpha value is -1.38. The summed E-state index contributed by atoms with van der Waals surface area (Å²) in [5, 5.41) is 0. The highest BCUT2D eigenvalue weighted by Crippen LogP contribution is 2.25. The molecule has 1 aliphatic carbocycles. The van der Waals surface area contributed by atoms with Gasteiger partial charge in [-0.15, -0.1) is 0 Å². The van der Waals surface area contributed by atoms with E-state index in [4.69, 9.17) is 4.74 Å². The van der Waals surface area contributed by atoms with Gasteiger partial charge in [0.15, 0.2) is 0 Å². The fraction of sp³-hybridized carbons (Fsp3) is 0.364. The quantitative estimate of drug-likeness (QED) is 0.721. The molecule has 0 heterocycles. The Morgan fingerprint density at radius 3 is 2.71 bits per heavy atom. The Morgan fingerprint density at radius 2 is 2.14 bits per heavy atom. The number of hydrogen-bond acceptors (Lipinski definition) is 2. The van der Waals surface area contributed by atoms with Crippen LogP contribution in [0.3, 0.4) is 0 Å². The monoisotopic (exact) mass is 194 g/mol. The van der Waals surface area contributed by atoms with Crippen molar-refractivity contribution >= 4 is 5.78 Å². The molecule has 3 heteroatoms. The van der Waals surface area contributed by atoms with Crippen LogP contribution >= 0.6 is 0 Å². The lowest BCUT2D eigenvalue weighted by atomic mass is 9.94. The average molecular weight is 194 g/mol. The number of carbonyl (C=O) groups excluding carboxylic acids is 1. The first-order valence-electron chi connectivity index (χ1n) is 4.59. The molecule has 0 amide bonds. The standard InChI is InChI=1S/C11H11FO2/c1-7-4-8(12)2-3-11(7)14-10-5-9(13)6-10/h2-4,10H,5-6H2,1H3. The third-order valence-electron chi connectivity index (χ3n) is 2.34. The maximum Gasteiger partial charge on any atom is 0.140 e. The second-order valence-electron chi connectivity index (χ2n) is 3.60. The molecule has 0 saturated heterocycles. The molecule has 0 unspecified atom stereocenters. The highest BCUT2D eigenvalue weighted by atomic mass is 19.1. The van der Waals surface area contributed by atoms with Crippen LogP contribution in [0, 0.1) is 12.7 Å². The van der Waals surface area contributed by atoms with Crippen LogP contribution < -0.4 is 4.74 Å². The summed E-state index contributed by atoms with van der Waals surface area (Å²) in [5.74, 6) is 0.637. The second-order valence-corrected chi connectivity index (χ2v) is 3.60. The fourth-order valence-electron chi connectivity index (χ4n) is 1.46. The van der Waals surface area contributed by atoms with Crippen molar-refractivity contribution < 1.29 is 13.9 Å². The van der Waals surface area contributed by atoms with Gasteiger partial charge in [-0.05, 0) is 30.7 Å². The Labute approximate surface area is 81.7 Å². The maximum atomic E-state index is 12.7. The van der Waals surface area contributed by atoms with E-state index in [0.717, 1.165) is 5.56 Å². The number of ether oxygens (including phenoxy) is 1. The predicted molar refractivity (Wildman–Crippen MR) is 49.8 cm³/mol. The molecule has 74 valence electrons. The summed E-state index contributed by atoms with van der Waals surface area (Å²) in [6.45, 7) is 1.79. The summed E-state index contributed by atoms with van der Waals surface area (Å²) < 4.78 is 18.3. The molecule has 0 atom stereocenters. The van der Waals surface area contributed by atoms with E-state index in [1.165, 1.54) is 12.1 Å². The summed E-state index contributed by atoms with van der Waals surface area (Å²) in [6, 6.07) is 4.39. The third-order valence-corrected chi connectivity index (χ3v) is 2.34. The number of Topliss-reactive ketones (excluding diaryl/α,β-unsaturated/α-hetero) is 1. The van der Waals surface area contributed by atoms with E-state index in [9.17, 15) is 9.18 Å². The summed E-state index contributed by atoms with van der Waals surface area (Å²) in [7, 11) is 0. The van der Waals surface area contributed by atoms with E-state index >= 15 is 0 Å². The van der Waals surface area contributed by atoms with Crippen molar-refractivity contribution in [1.29, 1.82) is 0 Å². The highest BCUT2D eigenvalue weighted by Gasteiger charge is 2.28. The normalized spacial score (nSPS) is 16.6. The topological polar surface area (TPSA) is 26.3 Å². The largest absolute Gasteiger partial charge is 0.489 e. The molecule has 0 aliphatic heterocycles. The predicted octanol–water partition coefficient (Wildman–Crippen LogP) is 2.24. The Balaban J connectivity index is 2.06. The first kappa shape index (κ1) is 9.19. The molecule has 0 aromatic heterocycles. The molecule has 1 aromatic carbocycles. The fourth-order valence-corrected chi connectivity index (χ4v) is 1.46. The number of rotatable bonds is 2. The highest BCUT2D eigenvalue weighted by molar-refractivity contribution is 5.85. The minimum atomic E-state index is -0.264. The van der Waals surface area contributed by atoms with E-state index in [2.05, 4.69) is 0 Å². The number of hydrogen-bond donors (Lipinski definition) is 0. The van der Waals surface area contributed by atoms with Gasteiger partial charge in [-0.1, -0.05) is 0 Å². The van der Waals surface area contributed by atoms with Crippen molar-refractivity contribution in [2.45, 2.75) is 25.9 Å². The number of benzene rings is 1. The van der Waals surface area contributed by atoms with Gasteiger partial charge in [0.25, 0.3) is 0 Å². The second kappa shape index (κ2) is 3.40. The third kappa shape index (κ3) is 1.76. The van der Waals surface area contributed by atoms with Gasteiger partial charge in [0.2, 0.25) is 0 Å². The zero-order valence-electron chi connectivity index (χ0n) is 7.92. The summed E-state index contributed by atoms with van der Waals surface area (Å²) in [4.78, 5) is 10.7. The molecule has 14 heavy (non-hydrogen) atoms. The van der Waals surface area contributed by atoms with E-state index < -0.39 is 0 Å². The van der Waals surface area contributed by atoms with Crippen LogP contribution in [-0.4, -0.2) is 11.9 Å². The molecule has 1 aromatic rings. The van der Waals surface area contributed by atoms with Crippen LogP contribution in [0.1, 0.15) is 18.4 Å².